The molecule has 2 aromatic carbocycles. The molecule has 140 valence electrons. The summed E-state index contributed by atoms with van der Waals surface area (Å²) < 4.78 is 6.85. The molecule has 0 fully saturated rings. The van der Waals surface area contributed by atoms with E-state index in [-0.39, 0.29) is 11.7 Å². The number of ether oxygens (including phenoxy) is 1. The quantitative estimate of drug-likeness (QED) is 0.463. The van der Waals surface area contributed by atoms with E-state index in [4.69, 9.17) is 22.2 Å². The Labute approximate surface area is 165 Å². The van der Waals surface area contributed by atoms with Crippen molar-refractivity contribution in [2.75, 3.05) is 23.5 Å². The van der Waals surface area contributed by atoms with E-state index in [1.807, 2.05) is 31.2 Å². The monoisotopic (exact) mass is 403 g/mol. The van der Waals surface area contributed by atoms with E-state index in [0.717, 1.165) is 5.56 Å². The highest BCUT2D eigenvalue weighted by Crippen LogP contribution is 2.26. The Balaban J connectivity index is 1.65. The Morgan fingerprint density at radius 1 is 1.26 bits per heavy atom. The van der Waals surface area contributed by atoms with Crippen LogP contribution in [-0.4, -0.2) is 33.1 Å². The molecule has 27 heavy (non-hydrogen) atoms. The number of hydrogen-bond donors (Lipinski definition) is 2. The summed E-state index contributed by atoms with van der Waals surface area (Å²) in [5.41, 5.74) is 1.37. The van der Waals surface area contributed by atoms with Crippen molar-refractivity contribution >= 4 is 35.0 Å². The van der Waals surface area contributed by atoms with Gasteiger partial charge >= 0.3 is 0 Å². The fourth-order valence-corrected chi connectivity index (χ4v) is 3.21. The van der Waals surface area contributed by atoms with Gasteiger partial charge in [0, 0.05) is 10.6 Å². The van der Waals surface area contributed by atoms with Crippen molar-refractivity contribution < 1.29 is 9.53 Å². The maximum absolute atomic E-state index is 12.3. The highest BCUT2D eigenvalue weighted by atomic mass is 35.5. The number of nitrogens with two attached hydrogens (primary N) is 1. The molecule has 0 aliphatic carbocycles. The van der Waals surface area contributed by atoms with Gasteiger partial charge in [0.15, 0.2) is 5.82 Å². The van der Waals surface area contributed by atoms with Gasteiger partial charge in [-0.05, 0) is 31.2 Å². The summed E-state index contributed by atoms with van der Waals surface area (Å²) in [5.74, 6) is 7.10. The molecule has 0 bridgehead atoms. The number of aromatic nitrogens is 3. The average Bonchev–Trinajstić information content (AvgIpc) is 3.02. The van der Waals surface area contributed by atoms with Crippen LogP contribution in [0.2, 0.25) is 5.02 Å². The van der Waals surface area contributed by atoms with Gasteiger partial charge in [-0.25, -0.2) is 4.68 Å². The minimum Gasteiger partial charge on any atom is -0.492 e. The predicted molar refractivity (Wildman–Crippen MR) is 108 cm³/mol. The van der Waals surface area contributed by atoms with Crippen molar-refractivity contribution in [3.05, 3.63) is 53.6 Å². The van der Waals surface area contributed by atoms with Crippen LogP contribution in [0.15, 0.2) is 53.7 Å². The minimum absolute atomic E-state index is 0.130. The summed E-state index contributed by atoms with van der Waals surface area (Å²) in [4.78, 5) is 12.3. The van der Waals surface area contributed by atoms with Crippen LogP contribution in [0.5, 0.6) is 5.75 Å². The number of benzene rings is 2. The van der Waals surface area contributed by atoms with E-state index in [1.54, 1.807) is 24.3 Å². The van der Waals surface area contributed by atoms with Crippen molar-refractivity contribution in [1.82, 2.24) is 14.9 Å². The van der Waals surface area contributed by atoms with Crippen LogP contribution in [0, 0.1) is 0 Å². The third-order valence-corrected chi connectivity index (χ3v) is 4.72. The van der Waals surface area contributed by atoms with Gasteiger partial charge in [0.25, 0.3) is 0 Å². The number of halogens is 1. The van der Waals surface area contributed by atoms with Crippen LogP contribution >= 0.6 is 23.4 Å². The first-order valence-electron chi connectivity index (χ1n) is 8.19. The third kappa shape index (κ3) is 4.72. The molecular formula is C18H18ClN5O2S. The maximum Gasteiger partial charge on any atom is 0.234 e. The van der Waals surface area contributed by atoms with E-state index in [2.05, 4.69) is 15.5 Å². The number of carbonyl (C=O) groups excluding carboxylic acids is 1. The zero-order valence-electron chi connectivity index (χ0n) is 14.6. The molecule has 1 aromatic heterocycles. The molecule has 7 nitrogen and oxygen atoms in total. The summed E-state index contributed by atoms with van der Waals surface area (Å²) in [6.07, 6.45) is 0. The van der Waals surface area contributed by atoms with Crippen LogP contribution in [-0.2, 0) is 4.79 Å². The Kier molecular flexibility index (Phi) is 6.20. The molecule has 0 saturated carbocycles. The second-order valence-electron chi connectivity index (χ2n) is 5.45. The zero-order chi connectivity index (χ0) is 19.2. The van der Waals surface area contributed by atoms with Crippen molar-refractivity contribution in [3.63, 3.8) is 0 Å². The molecule has 3 rings (SSSR count). The molecule has 0 unspecified atom stereocenters. The van der Waals surface area contributed by atoms with Crippen LogP contribution in [0.3, 0.4) is 0 Å². The van der Waals surface area contributed by atoms with Gasteiger partial charge in [0.05, 0.1) is 18.0 Å². The number of nitrogens with one attached hydrogen (secondary N) is 1. The molecule has 1 heterocycles. The lowest BCUT2D eigenvalue weighted by molar-refractivity contribution is -0.113. The summed E-state index contributed by atoms with van der Waals surface area (Å²) in [6.45, 7) is 2.41. The fraction of sp³-hybridized carbons (Fsp3) is 0.167. The molecule has 1 amide bonds. The van der Waals surface area contributed by atoms with Gasteiger partial charge in [-0.2, -0.15) is 0 Å². The molecular weight excluding hydrogens is 386 g/mol. The normalized spacial score (nSPS) is 10.6. The van der Waals surface area contributed by atoms with E-state index in [9.17, 15) is 4.79 Å². The molecule has 0 radical (unpaired) electrons. The standard InChI is InChI=1S/C18H18ClN5O2S/c1-2-26-15-9-4-3-8-14(15)21-16(25)11-27-18-23-22-17(24(18)20)12-6-5-7-13(19)10-12/h3-10H,2,11,20H2,1H3,(H,21,25). The summed E-state index contributed by atoms with van der Waals surface area (Å²) in [6, 6.07) is 14.4. The van der Waals surface area contributed by atoms with Crippen molar-refractivity contribution in [3.8, 4) is 17.1 Å². The van der Waals surface area contributed by atoms with Crippen LogP contribution in [0.4, 0.5) is 5.69 Å². The van der Waals surface area contributed by atoms with Crippen molar-refractivity contribution in [2.45, 2.75) is 12.1 Å². The number of carbonyl (C=O) groups is 1. The van der Waals surface area contributed by atoms with Crippen LogP contribution in [0.25, 0.3) is 11.4 Å². The molecule has 0 aliphatic heterocycles. The lowest BCUT2D eigenvalue weighted by Crippen LogP contribution is -2.17. The Bertz CT molecular complexity index is 947. The Morgan fingerprint density at radius 2 is 2.07 bits per heavy atom. The summed E-state index contributed by atoms with van der Waals surface area (Å²) >= 11 is 7.19. The molecule has 0 atom stereocenters. The first kappa shape index (κ1) is 19.1. The lowest BCUT2D eigenvalue weighted by Gasteiger charge is -2.11. The summed E-state index contributed by atoms with van der Waals surface area (Å²) in [5, 5.41) is 12.0. The smallest absolute Gasteiger partial charge is 0.234 e. The predicted octanol–water partition coefficient (Wildman–Crippen LogP) is 3.44. The molecule has 0 saturated heterocycles. The number of nitrogens with zero attached hydrogens (tertiary/aromatic N) is 3. The summed E-state index contributed by atoms with van der Waals surface area (Å²) in [7, 11) is 0. The van der Waals surface area contributed by atoms with Crippen LogP contribution in [0.1, 0.15) is 6.92 Å². The number of hydrogen-bond acceptors (Lipinski definition) is 6. The highest BCUT2D eigenvalue weighted by molar-refractivity contribution is 7.99. The Hall–Kier alpha value is -2.71. The van der Waals surface area contributed by atoms with E-state index in [0.29, 0.717) is 34.0 Å². The fourth-order valence-electron chi connectivity index (χ4n) is 2.37. The molecule has 3 aromatic rings. The number of nitrogen functional groups attached to an aromatic ring is 1. The van der Waals surface area contributed by atoms with Gasteiger partial charge in [0.2, 0.25) is 11.1 Å². The highest BCUT2D eigenvalue weighted by Gasteiger charge is 2.15. The SMILES string of the molecule is CCOc1ccccc1NC(=O)CSc1nnc(-c2cccc(Cl)c2)n1N. The zero-order valence-corrected chi connectivity index (χ0v) is 16.1. The lowest BCUT2D eigenvalue weighted by atomic mass is 10.2. The van der Waals surface area contributed by atoms with Crippen molar-refractivity contribution in [2.24, 2.45) is 0 Å². The first-order chi connectivity index (χ1) is 13.1. The van der Waals surface area contributed by atoms with Gasteiger partial charge < -0.3 is 15.9 Å². The second-order valence-corrected chi connectivity index (χ2v) is 6.83. The molecule has 0 aliphatic rings. The van der Waals surface area contributed by atoms with Gasteiger partial charge in [-0.1, -0.05) is 47.6 Å². The van der Waals surface area contributed by atoms with E-state index >= 15 is 0 Å². The topological polar surface area (TPSA) is 95.1 Å². The second kappa shape index (κ2) is 8.79. The number of thioether (sulfide) groups is 1. The largest absolute Gasteiger partial charge is 0.492 e. The third-order valence-electron chi connectivity index (χ3n) is 3.54. The average molecular weight is 404 g/mol. The molecule has 0 spiro atoms. The maximum atomic E-state index is 12.3. The van der Waals surface area contributed by atoms with Gasteiger partial charge in [-0.15, -0.1) is 10.2 Å². The molecule has 9 heteroatoms. The van der Waals surface area contributed by atoms with Gasteiger partial charge in [-0.3, -0.25) is 4.79 Å². The van der Waals surface area contributed by atoms with Gasteiger partial charge in [0.1, 0.15) is 5.75 Å². The number of rotatable bonds is 7. The molecule has 3 N–H and O–H groups in total. The van der Waals surface area contributed by atoms with E-state index < -0.39 is 0 Å². The minimum atomic E-state index is -0.195. The number of anilines is 1. The van der Waals surface area contributed by atoms with E-state index in [1.165, 1.54) is 16.4 Å². The van der Waals surface area contributed by atoms with Crippen LogP contribution < -0.4 is 15.9 Å². The first-order valence-corrected chi connectivity index (χ1v) is 9.55. The van der Waals surface area contributed by atoms with Crippen molar-refractivity contribution in [1.29, 1.82) is 0 Å². The Morgan fingerprint density at radius 3 is 2.85 bits per heavy atom. The number of amides is 1. The number of para-hydroxylation sites is 2.